The van der Waals surface area contributed by atoms with Gasteiger partial charge in [-0.15, -0.1) is 0 Å². The molecule has 0 amide bonds. The van der Waals surface area contributed by atoms with E-state index in [9.17, 15) is 19.8 Å². The molecular formula is C18H13ClO6. The topological polar surface area (TPSA) is 93.1 Å². The van der Waals surface area contributed by atoms with E-state index in [1.54, 1.807) is 6.07 Å². The van der Waals surface area contributed by atoms with Crippen LogP contribution in [0.25, 0.3) is 6.08 Å². The third-order valence-electron chi connectivity index (χ3n) is 3.66. The fourth-order valence-electron chi connectivity index (χ4n) is 2.43. The molecule has 2 aromatic carbocycles. The predicted molar refractivity (Wildman–Crippen MR) is 90.2 cm³/mol. The van der Waals surface area contributed by atoms with Crippen molar-refractivity contribution in [3.05, 3.63) is 63.7 Å². The van der Waals surface area contributed by atoms with Gasteiger partial charge in [0.25, 0.3) is 0 Å². The minimum Gasteiger partial charge on any atom is -0.507 e. The van der Waals surface area contributed by atoms with Crippen LogP contribution in [0.15, 0.2) is 36.4 Å². The van der Waals surface area contributed by atoms with Crippen molar-refractivity contribution in [1.82, 2.24) is 0 Å². The summed E-state index contributed by atoms with van der Waals surface area (Å²) in [5.41, 5.74) is 0.984. The van der Waals surface area contributed by atoms with Crippen LogP contribution in [-0.2, 0) is 11.3 Å². The summed E-state index contributed by atoms with van der Waals surface area (Å²) in [6, 6.07) is 7.12. The average Bonchev–Trinajstić information content (AvgIpc) is 2.60. The largest absolute Gasteiger partial charge is 0.507 e. The number of phenolic OH excluding ortho intramolecular Hbond substituents is 1. The van der Waals surface area contributed by atoms with Gasteiger partial charge in [-0.05, 0) is 42.0 Å². The Morgan fingerprint density at radius 3 is 2.72 bits per heavy atom. The Kier molecular flexibility index (Phi) is 4.74. The lowest BCUT2D eigenvalue weighted by atomic mass is 10.0. The van der Waals surface area contributed by atoms with Crippen LogP contribution < -0.4 is 4.74 Å². The van der Waals surface area contributed by atoms with Gasteiger partial charge < -0.3 is 19.7 Å². The first-order valence-electron chi connectivity index (χ1n) is 7.27. The van der Waals surface area contributed by atoms with Crippen LogP contribution in [0.3, 0.4) is 0 Å². The number of halogens is 1. The molecule has 0 radical (unpaired) electrons. The van der Waals surface area contributed by atoms with Crippen LogP contribution in [0.4, 0.5) is 0 Å². The van der Waals surface area contributed by atoms with Gasteiger partial charge in [-0.2, -0.15) is 0 Å². The first-order valence-corrected chi connectivity index (χ1v) is 7.65. The van der Waals surface area contributed by atoms with Crippen molar-refractivity contribution in [3.8, 4) is 11.5 Å². The maximum absolute atomic E-state index is 12.3. The van der Waals surface area contributed by atoms with E-state index in [0.717, 1.165) is 0 Å². The number of carbonyl (C=O) groups is 2. The summed E-state index contributed by atoms with van der Waals surface area (Å²) in [6.07, 6.45) is 2.55. The summed E-state index contributed by atoms with van der Waals surface area (Å²) in [5.74, 6) is -1.33. The number of ether oxygens (including phenoxy) is 2. The van der Waals surface area contributed by atoms with Crippen molar-refractivity contribution < 1.29 is 29.3 Å². The molecule has 0 fully saturated rings. The molecule has 2 aromatic rings. The minimum atomic E-state index is -1.13. The van der Waals surface area contributed by atoms with Gasteiger partial charge in [0.2, 0.25) is 0 Å². The predicted octanol–water partition coefficient (Wildman–Crippen LogP) is 3.51. The van der Waals surface area contributed by atoms with Crippen molar-refractivity contribution in [3.63, 3.8) is 0 Å². The van der Waals surface area contributed by atoms with Gasteiger partial charge in [0.1, 0.15) is 11.5 Å². The summed E-state index contributed by atoms with van der Waals surface area (Å²) < 4.78 is 10.5. The molecule has 0 saturated carbocycles. The van der Waals surface area contributed by atoms with Crippen molar-refractivity contribution in [2.75, 3.05) is 6.79 Å². The highest BCUT2D eigenvalue weighted by Gasteiger charge is 2.18. The highest BCUT2D eigenvalue weighted by molar-refractivity contribution is 6.31. The lowest BCUT2D eigenvalue weighted by Gasteiger charge is -2.19. The van der Waals surface area contributed by atoms with Crippen molar-refractivity contribution in [1.29, 1.82) is 0 Å². The Hall–Kier alpha value is -2.83. The Labute approximate surface area is 147 Å². The lowest BCUT2D eigenvalue weighted by molar-refractivity contribution is -0.0164. The zero-order valence-corrected chi connectivity index (χ0v) is 13.6. The van der Waals surface area contributed by atoms with Gasteiger partial charge in [0, 0.05) is 10.6 Å². The summed E-state index contributed by atoms with van der Waals surface area (Å²) in [6.45, 7) is 0.340. The smallest absolute Gasteiger partial charge is 0.336 e. The zero-order valence-electron chi connectivity index (χ0n) is 12.9. The Balaban J connectivity index is 1.96. The summed E-state index contributed by atoms with van der Waals surface area (Å²) in [5, 5.41) is 19.4. The molecular weight excluding hydrogens is 348 g/mol. The standard InChI is InChI=1S/C18H13ClO6/c19-12-2-4-16(21)14(7-12)15(20)3-1-10-6-17-11(8-24-9-25-17)5-13(10)18(22)23/h1-7,21H,8-9H2,(H,22,23). The number of carbonyl (C=O) groups excluding carboxylic acids is 1. The second-order valence-electron chi connectivity index (χ2n) is 5.32. The van der Waals surface area contributed by atoms with Crippen LogP contribution in [0.1, 0.15) is 31.8 Å². The van der Waals surface area contributed by atoms with E-state index < -0.39 is 11.8 Å². The maximum Gasteiger partial charge on any atom is 0.336 e. The third kappa shape index (κ3) is 3.65. The Morgan fingerprint density at radius 1 is 1.16 bits per heavy atom. The van der Waals surface area contributed by atoms with Crippen molar-refractivity contribution in [2.45, 2.75) is 6.61 Å². The lowest BCUT2D eigenvalue weighted by Crippen LogP contribution is -2.13. The van der Waals surface area contributed by atoms with E-state index in [-0.39, 0.29) is 30.3 Å². The van der Waals surface area contributed by atoms with E-state index >= 15 is 0 Å². The number of phenols is 1. The molecule has 0 spiro atoms. The van der Waals surface area contributed by atoms with Gasteiger partial charge in [-0.1, -0.05) is 17.7 Å². The molecule has 0 bridgehead atoms. The number of hydrogen-bond acceptors (Lipinski definition) is 5. The summed E-state index contributed by atoms with van der Waals surface area (Å²) in [4.78, 5) is 23.7. The van der Waals surface area contributed by atoms with E-state index in [1.165, 1.54) is 36.4 Å². The van der Waals surface area contributed by atoms with Gasteiger partial charge in [-0.3, -0.25) is 4.79 Å². The highest BCUT2D eigenvalue weighted by Crippen LogP contribution is 2.29. The number of ketones is 1. The first kappa shape index (κ1) is 17.0. The first-order chi connectivity index (χ1) is 12.0. The molecule has 6 nitrogen and oxygen atoms in total. The highest BCUT2D eigenvalue weighted by atomic mass is 35.5. The van der Waals surface area contributed by atoms with Crippen LogP contribution >= 0.6 is 11.6 Å². The average molecular weight is 361 g/mol. The number of carboxylic acids is 1. The third-order valence-corrected chi connectivity index (χ3v) is 3.89. The Morgan fingerprint density at radius 2 is 1.96 bits per heavy atom. The number of hydrogen-bond donors (Lipinski definition) is 2. The molecule has 0 aliphatic carbocycles. The molecule has 7 heteroatoms. The zero-order chi connectivity index (χ0) is 18.0. The van der Waals surface area contributed by atoms with Gasteiger partial charge in [0.05, 0.1) is 17.7 Å². The maximum atomic E-state index is 12.3. The molecule has 0 unspecified atom stereocenters. The Bertz CT molecular complexity index is 887. The fourth-order valence-corrected chi connectivity index (χ4v) is 2.60. The number of benzene rings is 2. The normalized spacial score (nSPS) is 13.3. The summed E-state index contributed by atoms with van der Waals surface area (Å²) >= 11 is 5.83. The van der Waals surface area contributed by atoms with Gasteiger partial charge in [-0.25, -0.2) is 4.79 Å². The molecule has 2 N–H and O–H groups in total. The molecule has 1 aliphatic rings. The number of aromatic hydroxyl groups is 1. The fraction of sp³-hybridized carbons (Fsp3) is 0.111. The summed E-state index contributed by atoms with van der Waals surface area (Å²) in [7, 11) is 0. The molecule has 1 aliphatic heterocycles. The van der Waals surface area contributed by atoms with Crippen LogP contribution in [0.5, 0.6) is 11.5 Å². The second kappa shape index (κ2) is 6.96. The van der Waals surface area contributed by atoms with Crippen molar-refractivity contribution in [2.24, 2.45) is 0 Å². The molecule has 3 rings (SSSR count). The molecule has 0 aromatic heterocycles. The molecule has 128 valence electrons. The SMILES string of the molecule is O=C(C=Cc1cc2c(cc1C(=O)O)COCO2)c1cc(Cl)ccc1O. The molecule has 1 heterocycles. The van der Waals surface area contributed by atoms with E-state index in [0.29, 0.717) is 21.9 Å². The number of rotatable bonds is 4. The van der Waals surface area contributed by atoms with Crippen LogP contribution in [0, 0.1) is 0 Å². The van der Waals surface area contributed by atoms with Crippen LogP contribution in [-0.4, -0.2) is 28.8 Å². The monoisotopic (exact) mass is 360 g/mol. The molecule has 0 atom stereocenters. The van der Waals surface area contributed by atoms with Gasteiger partial charge >= 0.3 is 5.97 Å². The number of fused-ring (bicyclic) bond motifs is 1. The number of allylic oxidation sites excluding steroid dienone is 1. The second-order valence-corrected chi connectivity index (χ2v) is 5.76. The van der Waals surface area contributed by atoms with E-state index in [1.807, 2.05) is 0 Å². The van der Waals surface area contributed by atoms with Crippen LogP contribution in [0.2, 0.25) is 5.02 Å². The van der Waals surface area contributed by atoms with Crippen molar-refractivity contribution >= 4 is 29.4 Å². The number of aromatic carboxylic acids is 1. The van der Waals surface area contributed by atoms with E-state index in [2.05, 4.69) is 0 Å². The molecule has 25 heavy (non-hydrogen) atoms. The van der Waals surface area contributed by atoms with Gasteiger partial charge in [0.15, 0.2) is 12.6 Å². The molecule has 0 saturated heterocycles. The van der Waals surface area contributed by atoms with E-state index in [4.69, 9.17) is 21.1 Å². The minimum absolute atomic E-state index is 0.0206. The number of carboxylic acid groups (broad SMARTS) is 1. The quantitative estimate of drug-likeness (QED) is 0.640.